The minimum absolute atomic E-state index is 0.0801. The van der Waals surface area contributed by atoms with Gasteiger partial charge in [-0.1, -0.05) is 23.2 Å². The van der Waals surface area contributed by atoms with Crippen LogP contribution >= 0.6 is 35.0 Å². The first-order valence-corrected chi connectivity index (χ1v) is 7.81. The van der Waals surface area contributed by atoms with E-state index in [0.29, 0.717) is 14.9 Å². The zero-order valence-corrected chi connectivity index (χ0v) is 12.9. The van der Waals surface area contributed by atoms with Crippen molar-refractivity contribution in [3.05, 3.63) is 28.2 Å². The van der Waals surface area contributed by atoms with E-state index >= 15 is 0 Å². The lowest BCUT2D eigenvalue weighted by atomic mass is 10.4. The molecular weight excluding hydrogens is 321 g/mol. The molecule has 1 amide bonds. The standard InChI is InChI=1S/C13H13Cl2NO3S/c14-8-1-4-10(15)11(5-8)20-7-13(18)19-6-12(17)16-9-2-3-9/h1,4-5,9H,2-3,6-7H2,(H,16,17). The lowest BCUT2D eigenvalue weighted by Gasteiger charge is -2.06. The predicted octanol–water partition coefficient (Wildman–Crippen LogP) is 2.91. The Kier molecular flexibility index (Phi) is 5.57. The number of benzene rings is 1. The molecule has 0 spiro atoms. The monoisotopic (exact) mass is 333 g/mol. The summed E-state index contributed by atoms with van der Waals surface area (Å²) in [5.41, 5.74) is 0. The molecule has 0 unspecified atom stereocenters. The van der Waals surface area contributed by atoms with Crippen molar-refractivity contribution in [2.45, 2.75) is 23.8 Å². The van der Waals surface area contributed by atoms with E-state index in [1.54, 1.807) is 18.2 Å². The average molecular weight is 334 g/mol. The number of amides is 1. The quantitative estimate of drug-likeness (QED) is 0.642. The number of carbonyl (C=O) groups excluding carboxylic acids is 2. The van der Waals surface area contributed by atoms with E-state index in [-0.39, 0.29) is 24.3 Å². The molecule has 1 saturated carbocycles. The molecule has 4 nitrogen and oxygen atoms in total. The molecule has 2 rings (SSSR count). The number of hydrogen-bond acceptors (Lipinski definition) is 4. The van der Waals surface area contributed by atoms with Crippen LogP contribution in [0.2, 0.25) is 10.0 Å². The lowest BCUT2D eigenvalue weighted by molar-refractivity contribution is -0.145. The molecule has 0 atom stereocenters. The number of nitrogens with one attached hydrogen (secondary N) is 1. The molecule has 20 heavy (non-hydrogen) atoms. The largest absolute Gasteiger partial charge is 0.455 e. The Labute approximate surface area is 131 Å². The van der Waals surface area contributed by atoms with Gasteiger partial charge in [-0.15, -0.1) is 11.8 Å². The third-order valence-corrected chi connectivity index (χ3v) is 4.25. The number of hydrogen-bond donors (Lipinski definition) is 1. The second-order valence-corrected chi connectivity index (χ2v) is 6.23. The van der Waals surface area contributed by atoms with E-state index in [4.69, 9.17) is 27.9 Å². The molecule has 0 saturated heterocycles. The highest BCUT2D eigenvalue weighted by Crippen LogP contribution is 2.29. The number of carbonyl (C=O) groups is 2. The van der Waals surface area contributed by atoms with Crippen molar-refractivity contribution in [1.82, 2.24) is 5.32 Å². The summed E-state index contributed by atoms with van der Waals surface area (Å²) in [6.45, 7) is -0.237. The molecule has 1 aliphatic carbocycles. The van der Waals surface area contributed by atoms with Gasteiger partial charge in [0.1, 0.15) is 0 Å². The van der Waals surface area contributed by atoms with Crippen LogP contribution in [-0.2, 0) is 14.3 Å². The van der Waals surface area contributed by atoms with Gasteiger partial charge >= 0.3 is 5.97 Å². The zero-order valence-electron chi connectivity index (χ0n) is 10.5. The maximum Gasteiger partial charge on any atom is 0.316 e. The number of halogens is 2. The van der Waals surface area contributed by atoms with Crippen molar-refractivity contribution in [3.8, 4) is 0 Å². The third-order valence-electron chi connectivity index (χ3n) is 2.55. The van der Waals surface area contributed by atoms with Crippen molar-refractivity contribution in [3.63, 3.8) is 0 Å². The van der Waals surface area contributed by atoms with Crippen molar-refractivity contribution in [2.75, 3.05) is 12.4 Å². The second-order valence-electron chi connectivity index (χ2n) is 4.37. The summed E-state index contributed by atoms with van der Waals surface area (Å²) in [6.07, 6.45) is 2.01. The molecule has 0 aliphatic heterocycles. The maximum atomic E-state index is 11.5. The van der Waals surface area contributed by atoms with Gasteiger partial charge < -0.3 is 10.1 Å². The Hall–Kier alpha value is -0.910. The van der Waals surface area contributed by atoms with Gasteiger partial charge in [0, 0.05) is 16.0 Å². The SMILES string of the molecule is O=C(COC(=O)CSc1cc(Cl)ccc1Cl)NC1CC1. The van der Waals surface area contributed by atoms with Crippen LogP contribution in [0.3, 0.4) is 0 Å². The Morgan fingerprint density at radius 3 is 2.80 bits per heavy atom. The number of thioether (sulfide) groups is 1. The van der Waals surface area contributed by atoms with Crippen LogP contribution in [0.4, 0.5) is 0 Å². The van der Waals surface area contributed by atoms with Gasteiger partial charge in [0.15, 0.2) is 6.61 Å². The van der Waals surface area contributed by atoms with E-state index in [9.17, 15) is 9.59 Å². The first-order valence-electron chi connectivity index (χ1n) is 6.07. The molecule has 0 heterocycles. The fraction of sp³-hybridized carbons (Fsp3) is 0.385. The van der Waals surface area contributed by atoms with Gasteiger partial charge in [-0.05, 0) is 31.0 Å². The van der Waals surface area contributed by atoms with Crippen molar-refractivity contribution in [2.24, 2.45) is 0 Å². The topological polar surface area (TPSA) is 55.4 Å². The van der Waals surface area contributed by atoms with E-state index in [1.807, 2.05) is 0 Å². The molecule has 0 aromatic heterocycles. The molecule has 0 radical (unpaired) electrons. The molecule has 1 fully saturated rings. The van der Waals surface area contributed by atoms with E-state index in [2.05, 4.69) is 5.32 Å². The summed E-state index contributed by atoms with van der Waals surface area (Å²) in [7, 11) is 0. The van der Waals surface area contributed by atoms with Gasteiger partial charge in [-0.25, -0.2) is 0 Å². The van der Waals surface area contributed by atoms with Crippen LogP contribution in [0.15, 0.2) is 23.1 Å². The fourth-order valence-electron chi connectivity index (χ4n) is 1.41. The number of esters is 1. The normalized spacial score (nSPS) is 13.9. The summed E-state index contributed by atoms with van der Waals surface area (Å²) in [4.78, 5) is 23.6. The molecule has 7 heteroatoms. The van der Waals surface area contributed by atoms with Gasteiger partial charge in [-0.3, -0.25) is 9.59 Å². The molecular formula is C13H13Cl2NO3S. The molecule has 1 aromatic rings. The minimum atomic E-state index is -0.461. The van der Waals surface area contributed by atoms with Crippen molar-refractivity contribution >= 4 is 46.8 Å². The highest BCUT2D eigenvalue weighted by Gasteiger charge is 2.23. The molecule has 0 bridgehead atoms. The smallest absolute Gasteiger partial charge is 0.316 e. The minimum Gasteiger partial charge on any atom is -0.455 e. The van der Waals surface area contributed by atoms with Gasteiger partial charge in [0.05, 0.1) is 10.8 Å². The van der Waals surface area contributed by atoms with E-state index in [1.165, 1.54) is 11.8 Å². The van der Waals surface area contributed by atoms with Crippen LogP contribution in [0, 0.1) is 0 Å². The van der Waals surface area contributed by atoms with Gasteiger partial charge in [0.25, 0.3) is 5.91 Å². The predicted molar refractivity (Wildman–Crippen MR) is 79.3 cm³/mol. The highest BCUT2D eigenvalue weighted by atomic mass is 35.5. The van der Waals surface area contributed by atoms with Crippen LogP contribution in [0.5, 0.6) is 0 Å². The Morgan fingerprint density at radius 1 is 1.35 bits per heavy atom. The molecule has 1 aliphatic rings. The lowest BCUT2D eigenvalue weighted by Crippen LogP contribution is -2.30. The number of ether oxygens (including phenoxy) is 1. The van der Waals surface area contributed by atoms with Gasteiger partial charge in [-0.2, -0.15) is 0 Å². The van der Waals surface area contributed by atoms with E-state index < -0.39 is 5.97 Å². The van der Waals surface area contributed by atoms with E-state index in [0.717, 1.165) is 12.8 Å². The third kappa shape index (κ3) is 5.23. The summed E-state index contributed by atoms with van der Waals surface area (Å²) >= 11 is 13.0. The van der Waals surface area contributed by atoms with Crippen LogP contribution in [0.25, 0.3) is 0 Å². The fourth-order valence-corrected chi connectivity index (χ4v) is 2.70. The summed E-state index contributed by atoms with van der Waals surface area (Å²) in [6, 6.07) is 5.29. The zero-order chi connectivity index (χ0) is 14.5. The Bertz CT molecular complexity index is 520. The van der Waals surface area contributed by atoms with Crippen LogP contribution in [-0.4, -0.2) is 30.3 Å². The summed E-state index contributed by atoms with van der Waals surface area (Å²) in [5, 5.41) is 3.81. The molecule has 1 aromatic carbocycles. The number of rotatable bonds is 6. The highest BCUT2D eigenvalue weighted by molar-refractivity contribution is 8.00. The average Bonchev–Trinajstić information content (AvgIpc) is 3.21. The Morgan fingerprint density at radius 2 is 2.10 bits per heavy atom. The van der Waals surface area contributed by atoms with Gasteiger partial charge in [0.2, 0.25) is 0 Å². The summed E-state index contributed by atoms with van der Waals surface area (Å²) in [5.74, 6) is -0.639. The Balaban J connectivity index is 1.71. The first-order chi connectivity index (χ1) is 9.54. The van der Waals surface area contributed by atoms with Crippen molar-refractivity contribution < 1.29 is 14.3 Å². The maximum absolute atomic E-state index is 11.5. The first kappa shape index (κ1) is 15.5. The van der Waals surface area contributed by atoms with Crippen LogP contribution in [0.1, 0.15) is 12.8 Å². The van der Waals surface area contributed by atoms with Crippen LogP contribution < -0.4 is 5.32 Å². The second kappa shape index (κ2) is 7.20. The molecule has 108 valence electrons. The molecule has 1 N–H and O–H groups in total. The summed E-state index contributed by atoms with van der Waals surface area (Å²) < 4.78 is 4.88. The van der Waals surface area contributed by atoms with Crippen molar-refractivity contribution in [1.29, 1.82) is 0 Å².